The average molecular weight is 248 g/mol. The van der Waals surface area contributed by atoms with E-state index in [1.54, 1.807) is 17.8 Å². The summed E-state index contributed by atoms with van der Waals surface area (Å²) in [7, 11) is 0. The zero-order valence-corrected chi connectivity index (χ0v) is 10.7. The third-order valence-electron chi connectivity index (χ3n) is 2.94. The summed E-state index contributed by atoms with van der Waals surface area (Å²) in [5, 5.41) is 9.57. The number of hydrogen-bond donors (Lipinski definition) is 1. The summed E-state index contributed by atoms with van der Waals surface area (Å²) in [6.07, 6.45) is 8.02. The van der Waals surface area contributed by atoms with Crippen molar-refractivity contribution in [1.82, 2.24) is 0 Å². The quantitative estimate of drug-likeness (QED) is 0.824. The summed E-state index contributed by atoms with van der Waals surface area (Å²) in [6, 6.07) is 5.68. The number of rotatable bonds is 3. The van der Waals surface area contributed by atoms with Crippen molar-refractivity contribution in [3.05, 3.63) is 41.5 Å². The average Bonchev–Trinajstić information content (AvgIpc) is 2.32. The van der Waals surface area contributed by atoms with E-state index in [1.807, 2.05) is 19.1 Å². The van der Waals surface area contributed by atoms with Gasteiger partial charge in [-0.15, -0.1) is 11.8 Å². The fourth-order valence-electron chi connectivity index (χ4n) is 1.96. The smallest absolute Gasteiger partial charge is 0.335 e. The lowest BCUT2D eigenvalue weighted by molar-refractivity contribution is 0.0696. The van der Waals surface area contributed by atoms with E-state index in [9.17, 15) is 4.79 Å². The first-order valence-electron chi connectivity index (χ1n) is 5.84. The van der Waals surface area contributed by atoms with Crippen LogP contribution in [-0.2, 0) is 0 Å². The molecule has 1 aliphatic carbocycles. The lowest BCUT2D eigenvalue weighted by Gasteiger charge is -2.16. The van der Waals surface area contributed by atoms with E-state index < -0.39 is 5.97 Å². The number of thioether (sulfide) groups is 1. The van der Waals surface area contributed by atoms with E-state index in [0.717, 1.165) is 10.5 Å². The molecule has 0 spiro atoms. The number of carboxylic acid groups (broad SMARTS) is 1. The second-order valence-electron chi connectivity index (χ2n) is 4.30. The van der Waals surface area contributed by atoms with E-state index in [0.29, 0.717) is 10.8 Å². The van der Waals surface area contributed by atoms with Crippen LogP contribution in [0.25, 0.3) is 0 Å². The lowest BCUT2D eigenvalue weighted by Crippen LogP contribution is -2.03. The van der Waals surface area contributed by atoms with Crippen LogP contribution >= 0.6 is 11.8 Å². The zero-order chi connectivity index (χ0) is 12.3. The molecule has 0 saturated carbocycles. The number of carbonyl (C=O) groups is 1. The third kappa shape index (κ3) is 3.13. The third-order valence-corrected chi connectivity index (χ3v) is 4.16. The predicted molar refractivity (Wildman–Crippen MR) is 70.8 cm³/mol. The molecule has 0 aliphatic heterocycles. The maximum absolute atomic E-state index is 11.0. The van der Waals surface area contributed by atoms with Gasteiger partial charge in [0.1, 0.15) is 0 Å². The second kappa shape index (κ2) is 5.41. The highest BCUT2D eigenvalue weighted by atomic mass is 32.2. The van der Waals surface area contributed by atoms with Gasteiger partial charge in [-0.05, 0) is 43.9 Å². The molecule has 1 atom stereocenters. The van der Waals surface area contributed by atoms with Crippen LogP contribution in [0.4, 0.5) is 0 Å². The van der Waals surface area contributed by atoms with Gasteiger partial charge in [-0.2, -0.15) is 0 Å². The van der Waals surface area contributed by atoms with Gasteiger partial charge in [0.15, 0.2) is 0 Å². The van der Waals surface area contributed by atoms with Crippen molar-refractivity contribution >= 4 is 17.7 Å². The van der Waals surface area contributed by atoms with Gasteiger partial charge in [-0.25, -0.2) is 4.79 Å². The molecular formula is C14H16O2S. The molecule has 2 nitrogen and oxygen atoms in total. The molecule has 90 valence electrons. The molecule has 1 aliphatic rings. The van der Waals surface area contributed by atoms with Crippen LogP contribution in [0.2, 0.25) is 0 Å². The zero-order valence-electron chi connectivity index (χ0n) is 9.85. The van der Waals surface area contributed by atoms with E-state index in [4.69, 9.17) is 5.11 Å². The number of aryl methyl sites for hydroxylation is 1. The molecule has 0 fully saturated rings. The van der Waals surface area contributed by atoms with Crippen molar-refractivity contribution in [2.75, 3.05) is 0 Å². The van der Waals surface area contributed by atoms with Crippen LogP contribution in [0.1, 0.15) is 35.2 Å². The van der Waals surface area contributed by atoms with E-state index >= 15 is 0 Å². The topological polar surface area (TPSA) is 37.3 Å². The van der Waals surface area contributed by atoms with Gasteiger partial charge in [0.25, 0.3) is 0 Å². The summed E-state index contributed by atoms with van der Waals surface area (Å²) < 4.78 is 0. The Labute approximate surface area is 106 Å². The summed E-state index contributed by atoms with van der Waals surface area (Å²) in [5.41, 5.74) is 1.23. The first-order chi connectivity index (χ1) is 8.16. The van der Waals surface area contributed by atoms with Crippen molar-refractivity contribution in [1.29, 1.82) is 0 Å². The molecule has 0 heterocycles. The minimum absolute atomic E-state index is 0.412. The van der Waals surface area contributed by atoms with Crippen molar-refractivity contribution in [2.45, 2.75) is 36.3 Å². The first kappa shape index (κ1) is 12.2. The summed E-state index contributed by atoms with van der Waals surface area (Å²) in [5.74, 6) is -0.843. The summed E-state index contributed by atoms with van der Waals surface area (Å²) in [6.45, 7) is 1.83. The van der Waals surface area contributed by atoms with Crippen LogP contribution < -0.4 is 0 Å². The first-order valence-corrected chi connectivity index (χ1v) is 6.72. The molecule has 0 radical (unpaired) electrons. The molecule has 1 aromatic carbocycles. The van der Waals surface area contributed by atoms with Gasteiger partial charge in [0.2, 0.25) is 0 Å². The Bertz CT molecular complexity index is 452. The Morgan fingerprint density at radius 2 is 2.29 bits per heavy atom. The molecular weight excluding hydrogens is 232 g/mol. The maximum atomic E-state index is 11.0. The highest BCUT2D eigenvalue weighted by molar-refractivity contribution is 8.00. The van der Waals surface area contributed by atoms with Crippen LogP contribution in [-0.4, -0.2) is 16.3 Å². The molecule has 1 aromatic rings. The van der Waals surface area contributed by atoms with Crippen LogP contribution in [0.15, 0.2) is 35.2 Å². The normalized spacial score (nSPS) is 19.2. The second-order valence-corrected chi connectivity index (χ2v) is 5.61. The van der Waals surface area contributed by atoms with Crippen LogP contribution in [0.5, 0.6) is 0 Å². The number of aromatic carboxylic acids is 1. The molecule has 0 aromatic heterocycles. The fraction of sp³-hybridized carbons (Fsp3) is 0.357. The predicted octanol–water partition coefficient (Wildman–Crippen LogP) is 3.89. The molecule has 0 bridgehead atoms. The van der Waals surface area contributed by atoms with Crippen LogP contribution in [0.3, 0.4) is 0 Å². The molecule has 1 unspecified atom stereocenters. The fourth-order valence-corrected chi connectivity index (χ4v) is 3.12. The Morgan fingerprint density at radius 3 is 2.94 bits per heavy atom. The van der Waals surface area contributed by atoms with Crippen molar-refractivity contribution in [3.8, 4) is 0 Å². The Hall–Kier alpha value is -1.22. The minimum Gasteiger partial charge on any atom is -0.478 e. The Kier molecular flexibility index (Phi) is 3.89. The van der Waals surface area contributed by atoms with E-state index in [-0.39, 0.29) is 0 Å². The van der Waals surface area contributed by atoms with Gasteiger partial charge < -0.3 is 5.11 Å². The van der Waals surface area contributed by atoms with Gasteiger partial charge in [0.05, 0.1) is 5.56 Å². The largest absolute Gasteiger partial charge is 0.478 e. The molecule has 1 N–H and O–H groups in total. The maximum Gasteiger partial charge on any atom is 0.335 e. The van der Waals surface area contributed by atoms with Gasteiger partial charge in [0, 0.05) is 10.1 Å². The molecule has 17 heavy (non-hydrogen) atoms. The minimum atomic E-state index is -0.843. The highest BCUT2D eigenvalue weighted by Gasteiger charge is 2.12. The van der Waals surface area contributed by atoms with E-state index in [2.05, 4.69) is 12.2 Å². The summed E-state index contributed by atoms with van der Waals surface area (Å²) in [4.78, 5) is 12.1. The monoisotopic (exact) mass is 248 g/mol. The molecule has 2 rings (SSSR count). The SMILES string of the molecule is Cc1ccc(SC2C=CCCC2)cc1C(=O)O. The number of carboxylic acids is 1. The molecule has 3 heteroatoms. The van der Waals surface area contributed by atoms with Crippen LogP contribution in [0, 0.1) is 6.92 Å². The number of benzene rings is 1. The van der Waals surface area contributed by atoms with E-state index in [1.165, 1.54) is 19.3 Å². The van der Waals surface area contributed by atoms with Gasteiger partial charge in [-0.1, -0.05) is 18.2 Å². The Morgan fingerprint density at radius 1 is 1.47 bits per heavy atom. The summed E-state index contributed by atoms with van der Waals surface area (Å²) >= 11 is 1.75. The van der Waals surface area contributed by atoms with Gasteiger partial charge >= 0.3 is 5.97 Å². The molecule has 0 saturated heterocycles. The Balaban J connectivity index is 2.16. The number of hydrogen-bond acceptors (Lipinski definition) is 2. The highest BCUT2D eigenvalue weighted by Crippen LogP contribution is 2.31. The van der Waals surface area contributed by atoms with Crippen molar-refractivity contribution < 1.29 is 9.90 Å². The lowest BCUT2D eigenvalue weighted by atomic mass is 10.1. The standard InChI is InChI=1S/C14H16O2S/c1-10-7-8-12(9-13(10)14(15)16)17-11-5-3-2-4-6-11/h3,5,7-9,11H,2,4,6H2,1H3,(H,15,16). The van der Waals surface area contributed by atoms with Crippen molar-refractivity contribution in [2.24, 2.45) is 0 Å². The molecule has 0 amide bonds. The van der Waals surface area contributed by atoms with Crippen molar-refractivity contribution in [3.63, 3.8) is 0 Å². The number of allylic oxidation sites excluding steroid dienone is 1. The van der Waals surface area contributed by atoms with Gasteiger partial charge in [-0.3, -0.25) is 0 Å².